The standard InChI is InChI=1S/C23H26N6O2S/c1-28-11-13-29(14-12-28)22-20-9-7-16-15-17(8-10-19(16)21(20)25-23(24)26-22)27-32(30,31)18-5-3-2-4-6-18/h2-6,8,10,15,27H,7,9,11-14H2,1H3,(H2,24,25,26). The van der Waals surface area contributed by atoms with E-state index in [1.54, 1.807) is 36.4 Å². The quantitative estimate of drug-likeness (QED) is 0.629. The molecule has 2 aliphatic rings. The number of sulfonamides is 1. The summed E-state index contributed by atoms with van der Waals surface area (Å²) in [5.41, 5.74) is 10.6. The Bertz CT molecular complexity index is 1250. The van der Waals surface area contributed by atoms with Gasteiger partial charge in [0.15, 0.2) is 0 Å². The molecule has 1 saturated heterocycles. The lowest BCUT2D eigenvalue weighted by molar-refractivity contribution is 0.312. The van der Waals surface area contributed by atoms with Gasteiger partial charge in [-0.2, -0.15) is 4.98 Å². The van der Waals surface area contributed by atoms with E-state index < -0.39 is 10.0 Å². The van der Waals surface area contributed by atoms with Crippen molar-refractivity contribution in [1.82, 2.24) is 14.9 Å². The highest BCUT2D eigenvalue weighted by Crippen LogP contribution is 2.38. The number of aromatic nitrogens is 2. The molecular formula is C23H26N6O2S. The van der Waals surface area contributed by atoms with Gasteiger partial charge in [-0.3, -0.25) is 4.72 Å². The minimum absolute atomic E-state index is 0.236. The molecule has 3 N–H and O–H groups in total. The molecule has 9 heteroatoms. The minimum Gasteiger partial charge on any atom is -0.368 e. The second kappa shape index (κ2) is 8.07. The van der Waals surface area contributed by atoms with Crippen molar-refractivity contribution >= 4 is 27.5 Å². The van der Waals surface area contributed by atoms with Crippen molar-refractivity contribution in [2.24, 2.45) is 0 Å². The van der Waals surface area contributed by atoms with Crippen LogP contribution in [0.15, 0.2) is 53.4 Å². The van der Waals surface area contributed by atoms with E-state index in [0.717, 1.165) is 67.2 Å². The molecule has 8 nitrogen and oxygen atoms in total. The van der Waals surface area contributed by atoms with Gasteiger partial charge in [-0.05, 0) is 49.7 Å². The third kappa shape index (κ3) is 3.89. The first-order valence-corrected chi connectivity index (χ1v) is 12.2. The Morgan fingerprint density at radius 3 is 2.47 bits per heavy atom. The van der Waals surface area contributed by atoms with Crippen LogP contribution in [0.5, 0.6) is 0 Å². The molecule has 0 amide bonds. The molecule has 1 aliphatic carbocycles. The number of fused-ring (bicyclic) bond motifs is 3. The van der Waals surface area contributed by atoms with Crippen LogP contribution in [0.1, 0.15) is 11.1 Å². The van der Waals surface area contributed by atoms with Crippen molar-refractivity contribution in [3.63, 3.8) is 0 Å². The first kappa shape index (κ1) is 20.7. The van der Waals surface area contributed by atoms with E-state index in [0.29, 0.717) is 5.69 Å². The third-order valence-electron chi connectivity index (χ3n) is 6.12. The maximum Gasteiger partial charge on any atom is 0.261 e. The second-order valence-electron chi connectivity index (χ2n) is 8.31. The van der Waals surface area contributed by atoms with Gasteiger partial charge >= 0.3 is 0 Å². The summed E-state index contributed by atoms with van der Waals surface area (Å²) in [5, 5.41) is 0. The maximum atomic E-state index is 12.7. The topological polar surface area (TPSA) is 104 Å². The monoisotopic (exact) mass is 450 g/mol. The predicted molar refractivity (Wildman–Crippen MR) is 126 cm³/mol. The zero-order valence-electron chi connectivity index (χ0n) is 18.0. The number of nitrogen functional groups attached to an aromatic ring is 1. The molecule has 1 aliphatic heterocycles. The van der Waals surface area contributed by atoms with Crippen molar-refractivity contribution in [3.8, 4) is 11.3 Å². The zero-order chi connectivity index (χ0) is 22.3. The van der Waals surface area contributed by atoms with E-state index in [2.05, 4.69) is 31.5 Å². The molecule has 2 aromatic carbocycles. The molecule has 1 aromatic heterocycles. The molecule has 0 bridgehead atoms. The van der Waals surface area contributed by atoms with Crippen molar-refractivity contribution in [3.05, 3.63) is 59.7 Å². The molecule has 0 unspecified atom stereocenters. The molecule has 0 radical (unpaired) electrons. The molecular weight excluding hydrogens is 424 g/mol. The lowest BCUT2D eigenvalue weighted by Gasteiger charge is -2.35. The zero-order valence-corrected chi connectivity index (χ0v) is 18.8. The molecule has 3 aromatic rings. The van der Waals surface area contributed by atoms with E-state index in [9.17, 15) is 8.42 Å². The molecule has 0 saturated carbocycles. The smallest absolute Gasteiger partial charge is 0.261 e. The number of nitrogens with one attached hydrogen (secondary N) is 1. The first-order chi connectivity index (χ1) is 15.4. The molecule has 1 fully saturated rings. The number of hydrogen-bond donors (Lipinski definition) is 2. The number of benzene rings is 2. The van der Waals surface area contributed by atoms with E-state index in [-0.39, 0.29) is 10.8 Å². The fraction of sp³-hybridized carbons (Fsp3) is 0.304. The summed E-state index contributed by atoms with van der Waals surface area (Å²) in [6.07, 6.45) is 1.58. The lowest BCUT2D eigenvalue weighted by Crippen LogP contribution is -2.45. The number of rotatable bonds is 4. The lowest BCUT2D eigenvalue weighted by atomic mass is 9.88. The third-order valence-corrected chi connectivity index (χ3v) is 7.51. The van der Waals surface area contributed by atoms with Crippen molar-refractivity contribution in [2.75, 3.05) is 48.6 Å². The van der Waals surface area contributed by atoms with E-state index in [1.807, 2.05) is 12.1 Å². The molecule has 5 rings (SSSR count). The molecule has 166 valence electrons. The van der Waals surface area contributed by atoms with E-state index in [4.69, 9.17) is 5.73 Å². The number of hydrogen-bond acceptors (Lipinski definition) is 7. The molecule has 32 heavy (non-hydrogen) atoms. The van der Waals surface area contributed by atoms with Crippen LogP contribution in [0.25, 0.3) is 11.3 Å². The number of nitrogens with zero attached hydrogens (tertiary/aromatic N) is 4. The predicted octanol–water partition coefficient (Wildman–Crippen LogP) is 2.38. The minimum atomic E-state index is -3.64. The van der Waals surface area contributed by atoms with Crippen LogP contribution >= 0.6 is 0 Å². The highest BCUT2D eigenvalue weighted by Gasteiger charge is 2.27. The fourth-order valence-corrected chi connectivity index (χ4v) is 5.46. The normalized spacial score (nSPS) is 16.3. The number of nitrogens with two attached hydrogens (primary N) is 1. The van der Waals surface area contributed by atoms with Crippen LogP contribution in [0.4, 0.5) is 17.5 Å². The van der Waals surface area contributed by atoms with E-state index >= 15 is 0 Å². The second-order valence-corrected chi connectivity index (χ2v) is 10.00. The number of anilines is 3. The molecule has 2 heterocycles. The molecule has 0 atom stereocenters. The summed E-state index contributed by atoms with van der Waals surface area (Å²) in [4.78, 5) is 14.0. The molecule has 0 spiro atoms. The van der Waals surface area contributed by atoms with Gasteiger partial charge in [-0.25, -0.2) is 13.4 Å². The van der Waals surface area contributed by atoms with Crippen molar-refractivity contribution < 1.29 is 8.42 Å². The van der Waals surface area contributed by atoms with Crippen molar-refractivity contribution in [2.45, 2.75) is 17.7 Å². The van der Waals surface area contributed by atoms with Crippen molar-refractivity contribution in [1.29, 1.82) is 0 Å². The van der Waals surface area contributed by atoms with Gasteiger partial charge in [0.05, 0.1) is 10.6 Å². The van der Waals surface area contributed by atoms with E-state index in [1.165, 1.54) is 0 Å². The average molecular weight is 451 g/mol. The van der Waals surface area contributed by atoms with Gasteiger partial charge in [0.1, 0.15) is 5.82 Å². The van der Waals surface area contributed by atoms with Gasteiger partial charge in [-0.15, -0.1) is 0 Å². The van der Waals surface area contributed by atoms with Crippen LogP contribution in [0.3, 0.4) is 0 Å². The Balaban J connectivity index is 1.47. The summed E-state index contributed by atoms with van der Waals surface area (Å²) < 4.78 is 28.1. The van der Waals surface area contributed by atoms with Crippen LogP contribution < -0.4 is 15.4 Å². The summed E-state index contributed by atoms with van der Waals surface area (Å²) in [6.45, 7) is 3.79. The van der Waals surface area contributed by atoms with Crippen LogP contribution in [-0.4, -0.2) is 56.5 Å². The van der Waals surface area contributed by atoms with Crippen LogP contribution in [0.2, 0.25) is 0 Å². The Labute approximate surface area is 188 Å². The largest absolute Gasteiger partial charge is 0.368 e. The van der Waals surface area contributed by atoms with Gasteiger partial charge < -0.3 is 15.5 Å². The number of likely N-dealkylation sites (N-methyl/N-ethyl adjacent to an activating group) is 1. The first-order valence-electron chi connectivity index (χ1n) is 10.7. The highest BCUT2D eigenvalue weighted by atomic mass is 32.2. The summed E-state index contributed by atoms with van der Waals surface area (Å²) in [5.74, 6) is 1.19. The van der Waals surface area contributed by atoms with Gasteiger partial charge in [0.25, 0.3) is 10.0 Å². The highest BCUT2D eigenvalue weighted by molar-refractivity contribution is 7.92. The Hall–Kier alpha value is -3.17. The van der Waals surface area contributed by atoms with Crippen LogP contribution in [0, 0.1) is 0 Å². The maximum absolute atomic E-state index is 12.7. The average Bonchev–Trinajstić information content (AvgIpc) is 2.79. The Kier molecular flexibility index (Phi) is 5.22. The van der Waals surface area contributed by atoms with Gasteiger partial charge in [-0.1, -0.05) is 24.3 Å². The number of aryl methyl sites for hydroxylation is 1. The number of piperazine rings is 1. The Morgan fingerprint density at radius 1 is 0.969 bits per heavy atom. The SMILES string of the molecule is CN1CCN(c2nc(N)nc3c2CCc2cc(NS(=O)(=O)c4ccccc4)ccc2-3)CC1. The van der Waals surface area contributed by atoms with Crippen LogP contribution in [-0.2, 0) is 22.9 Å². The fourth-order valence-electron chi connectivity index (χ4n) is 4.39. The Morgan fingerprint density at radius 2 is 1.72 bits per heavy atom. The summed E-state index contributed by atoms with van der Waals surface area (Å²) >= 11 is 0. The summed E-state index contributed by atoms with van der Waals surface area (Å²) in [7, 11) is -1.51. The van der Waals surface area contributed by atoms with Gasteiger partial charge in [0, 0.05) is 43.0 Å². The summed E-state index contributed by atoms with van der Waals surface area (Å²) in [6, 6.07) is 14.0. The van der Waals surface area contributed by atoms with Gasteiger partial charge in [0.2, 0.25) is 5.95 Å².